The van der Waals surface area contributed by atoms with Crippen molar-refractivity contribution >= 4 is 17.0 Å². The lowest BCUT2D eigenvalue weighted by Crippen LogP contribution is -2.23. The van der Waals surface area contributed by atoms with Gasteiger partial charge in [0.15, 0.2) is 5.58 Å². The van der Waals surface area contributed by atoms with Crippen molar-refractivity contribution in [1.82, 2.24) is 4.57 Å². The second-order valence-corrected chi connectivity index (χ2v) is 4.16. The molecule has 1 aromatic carbocycles. The maximum absolute atomic E-state index is 11.9. The van der Waals surface area contributed by atoms with Crippen LogP contribution in [0, 0.1) is 5.92 Å². The maximum Gasteiger partial charge on any atom is 0.426 e. The van der Waals surface area contributed by atoms with E-state index in [1.165, 1.54) is 0 Å². The van der Waals surface area contributed by atoms with E-state index in [1.807, 2.05) is 13.8 Å². The first-order valence-electron chi connectivity index (χ1n) is 5.23. The number of carbonyl (C=O) groups excluding carboxylic acids is 1. The van der Waals surface area contributed by atoms with Gasteiger partial charge in [-0.15, -0.1) is 0 Å². The number of carbonyl (C=O) groups is 1. The predicted octanol–water partition coefficient (Wildman–Crippen LogP) is 2.28. The molecule has 0 saturated heterocycles. The van der Waals surface area contributed by atoms with Crippen molar-refractivity contribution in [2.45, 2.75) is 20.3 Å². The summed E-state index contributed by atoms with van der Waals surface area (Å²) in [7, 11) is 0. The first-order chi connectivity index (χ1) is 7.59. The summed E-state index contributed by atoms with van der Waals surface area (Å²) in [5.41, 5.74) is 0.989. The van der Waals surface area contributed by atoms with E-state index in [9.17, 15) is 9.59 Å². The highest BCUT2D eigenvalue weighted by molar-refractivity contribution is 5.89. The van der Waals surface area contributed by atoms with E-state index >= 15 is 0 Å². The topological polar surface area (TPSA) is 52.2 Å². The van der Waals surface area contributed by atoms with E-state index in [4.69, 9.17) is 4.42 Å². The molecule has 2 aromatic rings. The van der Waals surface area contributed by atoms with Gasteiger partial charge in [0, 0.05) is 6.42 Å². The van der Waals surface area contributed by atoms with Crippen LogP contribution in [0.5, 0.6) is 0 Å². The van der Waals surface area contributed by atoms with Gasteiger partial charge in [0.05, 0.1) is 5.52 Å². The average molecular weight is 219 g/mol. The smallest absolute Gasteiger partial charge is 0.407 e. The number of rotatable bonds is 2. The Labute approximate surface area is 92.5 Å². The van der Waals surface area contributed by atoms with Gasteiger partial charge < -0.3 is 4.42 Å². The standard InChI is InChI=1S/C12H13NO3/c1-8(2)7-11(14)13-9-5-3-4-6-10(9)16-12(13)15/h3-6,8H,7H2,1-2H3. The number of benzene rings is 1. The third-order valence-corrected chi connectivity index (χ3v) is 2.32. The van der Waals surface area contributed by atoms with Crippen molar-refractivity contribution in [3.63, 3.8) is 0 Å². The minimum Gasteiger partial charge on any atom is -0.407 e. The molecule has 0 aliphatic rings. The number of para-hydroxylation sites is 2. The van der Waals surface area contributed by atoms with Crippen LogP contribution in [0.1, 0.15) is 25.1 Å². The van der Waals surface area contributed by atoms with Crippen molar-refractivity contribution < 1.29 is 9.21 Å². The zero-order chi connectivity index (χ0) is 11.7. The summed E-state index contributed by atoms with van der Waals surface area (Å²) >= 11 is 0. The fraction of sp³-hybridized carbons (Fsp3) is 0.333. The van der Waals surface area contributed by atoms with Gasteiger partial charge in [0.2, 0.25) is 5.91 Å². The lowest BCUT2D eigenvalue weighted by Gasteiger charge is -2.03. The van der Waals surface area contributed by atoms with Crippen LogP contribution in [0.25, 0.3) is 11.1 Å². The highest BCUT2D eigenvalue weighted by Crippen LogP contribution is 2.13. The second-order valence-electron chi connectivity index (χ2n) is 4.16. The Kier molecular flexibility index (Phi) is 2.64. The van der Waals surface area contributed by atoms with Crippen LogP contribution in [0.2, 0.25) is 0 Å². The Hall–Kier alpha value is -1.84. The van der Waals surface area contributed by atoms with Crippen LogP contribution in [-0.4, -0.2) is 10.5 Å². The van der Waals surface area contributed by atoms with E-state index in [2.05, 4.69) is 0 Å². The Morgan fingerprint density at radius 2 is 2.06 bits per heavy atom. The number of nitrogens with zero attached hydrogens (tertiary/aromatic N) is 1. The minimum absolute atomic E-state index is 0.216. The summed E-state index contributed by atoms with van der Waals surface area (Å²) < 4.78 is 6.09. The zero-order valence-corrected chi connectivity index (χ0v) is 9.27. The van der Waals surface area contributed by atoms with E-state index in [0.29, 0.717) is 17.5 Å². The van der Waals surface area contributed by atoms with Gasteiger partial charge >= 0.3 is 5.76 Å². The molecule has 0 N–H and O–H groups in total. The van der Waals surface area contributed by atoms with Gasteiger partial charge in [-0.05, 0) is 18.1 Å². The summed E-state index contributed by atoms with van der Waals surface area (Å²) in [6, 6.07) is 6.92. The number of hydrogen-bond donors (Lipinski definition) is 0. The molecule has 0 aliphatic carbocycles. The van der Waals surface area contributed by atoms with Crippen molar-refractivity contribution in [1.29, 1.82) is 0 Å². The van der Waals surface area contributed by atoms with Gasteiger partial charge in [-0.2, -0.15) is 0 Å². The molecule has 0 fully saturated rings. The normalized spacial score (nSPS) is 11.2. The van der Waals surface area contributed by atoms with Crippen molar-refractivity contribution in [3.8, 4) is 0 Å². The molecular formula is C12H13NO3. The number of fused-ring (bicyclic) bond motifs is 1. The molecule has 2 rings (SSSR count). The molecule has 0 spiro atoms. The molecule has 0 bridgehead atoms. The molecule has 4 nitrogen and oxygen atoms in total. The molecule has 0 radical (unpaired) electrons. The largest absolute Gasteiger partial charge is 0.426 e. The highest BCUT2D eigenvalue weighted by atomic mass is 16.4. The molecular weight excluding hydrogens is 206 g/mol. The fourth-order valence-electron chi connectivity index (χ4n) is 1.64. The first-order valence-corrected chi connectivity index (χ1v) is 5.23. The van der Waals surface area contributed by atoms with E-state index in [1.54, 1.807) is 24.3 Å². The van der Waals surface area contributed by atoms with Crippen molar-refractivity contribution in [3.05, 3.63) is 34.8 Å². The quantitative estimate of drug-likeness (QED) is 0.778. The monoisotopic (exact) mass is 219 g/mol. The Morgan fingerprint density at radius 3 is 2.75 bits per heavy atom. The third kappa shape index (κ3) is 1.78. The summed E-state index contributed by atoms with van der Waals surface area (Å²) in [6.07, 6.45) is 0.337. The molecule has 1 heterocycles. The van der Waals surface area contributed by atoms with E-state index in [-0.39, 0.29) is 11.8 Å². The molecule has 0 unspecified atom stereocenters. The SMILES string of the molecule is CC(C)CC(=O)n1c(=O)oc2ccccc21. The van der Waals surface area contributed by atoms with Gasteiger partial charge in [-0.1, -0.05) is 26.0 Å². The highest BCUT2D eigenvalue weighted by Gasteiger charge is 2.16. The molecule has 0 amide bonds. The fourth-order valence-corrected chi connectivity index (χ4v) is 1.64. The molecule has 1 aromatic heterocycles. The summed E-state index contributed by atoms with van der Waals surface area (Å²) in [5.74, 6) is -0.607. The van der Waals surface area contributed by atoms with Crippen LogP contribution < -0.4 is 5.76 Å². The second kappa shape index (κ2) is 3.96. The molecule has 16 heavy (non-hydrogen) atoms. The van der Waals surface area contributed by atoms with Gasteiger partial charge in [0.25, 0.3) is 0 Å². The van der Waals surface area contributed by atoms with Crippen molar-refractivity contribution in [2.24, 2.45) is 5.92 Å². The lowest BCUT2D eigenvalue weighted by molar-refractivity contribution is 0.0883. The predicted molar refractivity (Wildman–Crippen MR) is 60.6 cm³/mol. The molecule has 4 heteroatoms. The van der Waals surface area contributed by atoms with Crippen LogP contribution >= 0.6 is 0 Å². The summed E-state index contributed by atoms with van der Waals surface area (Å²) in [6.45, 7) is 3.87. The molecule has 0 saturated carbocycles. The van der Waals surface area contributed by atoms with Crippen molar-refractivity contribution in [2.75, 3.05) is 0 Å². The Morgan fingerprint density at radius 1 is 1.38 bits per heavy atom. The van der Waals surface area contributed by atoms with Gasteiger partial charge in [-0.25, -0.2) is 9.36 Å². The van der Waals surface area contributed by atoms with Crippen LogP contribution in [-0.2, 0) is 0 Å². The third-order valence-electron chi connectivity index (χ3n) is 2.32. The van der Waals surface area contributed by atoms with Crippen LogP contribution in [0.15, 0.2) is 33.5 Å². The lowest BCUT2D eigenvalue weighted by atomic mass is 10.1. The Balaban J connectivity index is 2.55. The molecule has 0 aliphatic heterocycles. The van der Waals surface area contributed by atoms with Crippen LogP contribution in [0.4, 0.5) is 0 Å². The number of aromatic nitrogens is 1. The van der Waals surface area contributed by atoms with Gasteiger partial charge in [0.1, 0.15) is 0 Å². The maximum atomic E-state index is 11.9. The van der Waals surface area contributed by atoms with E-state index in [0.717, 1.165) is 4.57 Å². The van der Waals surface area contributed by atoms with E-state index < -0.39 is 5.76 Å². The van der Waals surface area contributed by atoms with Gasteiger partial charge in [-0.3, -0.25) is 4.79 Å². The molecule has 0 atom stereocenters. The summed E-state index contributed by atoms with van der Waals surface area (Å²) in [4.78, 5) is 23.4. The minimum atomic E-state index is -0.605. The Bertz CT molecular complexity index is 577. The van der Waals surface area contributed by atoms with Crippen LogP contribution in [0.3, 0.4) is 0 Å². The number of oxazole rings is 1. The number of hydrogen-bond acceptors (Lipinski definition) is 3. The zero-order valence-electron chi connectivity index (χ0n) is 9.27. The molecule has 84 valence electrons. The average Bonchev–Trinajstić information content (AvgIpc) is 2.52. The first kappa shape index (κ1) is 10.7. The summed E-state index contributed by atoms with van der Waals surface area (Å²) in [5, 5.41) is 0.